The molecule has 1 N–H and O–H groups in total. The lowest BCUT2D eigenvalue weighted by Crippen LogP contribution is -2.39. The van der Waals surface area contributed by atoms with Crippen molar-refractivity contribution in [3.63, 3.8) is 0 Å². The average molecular weight is 312 g/mol. The van der Waals surface area contributed by atoms with Gasteiger partial charge in [0.1, 0.15) is 10.7 Å². The molecule has 1 aliphatic heterocycles. The molecule has 1 aliphatic rings. The van der Waals surface area contributed by atoms with Gasteiger partial charge in [0, 0.05) is 33.4 Å². The molecule has 1 fully saturated rings. The molecule has 0 radical (unpaired) electrons. The van der Waals surface area contributed by atoms with Crippen LogP contribution in [-0.2, 0) is 10.0 Å². The molecule has 0 saturated carbocycles. The Balaban J connectivity index is 2.12. The van der Waals surface area contributed by atoms with Crippen LogP contribution in [0.5, 0.6) is 0 Å². The second kappa shape index (κ2) is 6.72. The number of sulfonamides is 1. The highest BCUT2D eigenvalue weighted by atomic mass is 32.2. The van der Waals surface area contributed by atoms with Crippen LogP contribution in [0.1, 0.15) is 12.8 Å². The molecule has 1 saturated heterocycles. The summed E-state index contributed by atoms with van der Waals surface area (Å²) in [5.74, 6) is 1.48. The first-order valence-corrected chi connectivity index (χ1v) is 8.67. The number of hydrogen-bond acceptors (Lipinski definition) is 5. The molecule has 2 heterocycles. The molecular weight excluding hydrogens is 288 g/mol. The first kappa shape index (κ1) is 16.2. The van der Waals surface area contributed by atoms with Gasteiger partial charge in [0.25, 0.3) is 0 Å². The lowest BCUT2D eigenvalue weighted by Gasteiger charge is -2.33. The normalized spacial score (nSPS) is 20.0. The Morgan fingerprint density at radius 2 is 2.19 bits per heavy atom. The number of piperidine rings is 1. The van der Waals surface area contributed by atoms with Gasteiger partial charge in [-0.05, 0) is 44.5 Å². The molecule has 1 atom stereocenters. The molecule has 0 amide bonds. The minimum Gasteiger partial charge on any atom is -0.356 e. The third-order valence-corrected chi connectivity index (χ3v) is 5.63. The van der Waals surface area contributed by atoms with Gasteiger partial charge in [-0.2, -0.15) is 0 Å². The zero-order chi connectivity index (χ0) is 15.5. The summed E-state index contributed by atoms with van der Waals surface area (Å²) in [5, 5.41) is 3.22. The number of pyridine rings is 1. The Labute approximate surface area is 127 Å². The smallest absolute Gasteiger partial charge is 0.244 e. The van der Waals surface area contributed by atoms with Crippen molar-refractivity contribution in [3.8, 4) is 0 Å². The van der Waals surface area contributed by atoms with E-state index < -0.39 is 10.0 Å². The number of aromatic nitrogens is 1. The fourth-order valence-electron chi connectivity index (χ4n) is 2.65. The quantitative estimate of drug-likeness (QED) is 0.870. The van der Waals surface area contributed by atoms with Crippen molar-refractivity contribution < 1.29 is 8.42 Å². The Bertz CT molecular complexity index is 555. The monoisotopic (exact) mass is 312 g/mol. The topological polar surface area (TPSA) is 65.5 Å². The van der Waals surface area contributed by atoms with E-state index >= 15 is 0 Å². The van der Waals surface area contributed by atoms with E-state index in [0.717, 1.165) is 31.9 Å². The van der Waals surface area contributed by atoms with E-state index in [1.807, 2.05) is 7.05 Å². The molecule has 6 nitrogen and oxygen atoms in total. The standard InChI is InChI=1S/C14H24N4O2S/c1-15-9-12-5-4-8-18(11-12)14-7-6-13(10-16-14)21(19,20)17(2)3/h6-7,10,12,15H,4-5,8-9,11H2,1-3H3. The lowest BCUT2D eigenvalue weighted by molar-refractivity contribution is 0.401. The van der Waals surface area contributed by atoms with Crippen molar-refractivity contribution in [1.82, 2.24) is 14.6 Å². The fourth-order valence-corrected chi connectivity index (χ4v) is 3.50. The zero-order valence-electron chi connectivity index (χ0n) is 12.9. The van der Waals surface area contributed by atoms with Gasteiger partial charge in [0.05, 0.1) is 0 Å². The minimum atomic E-state index is -3.40. The van der Waals surface area contributed by atoms with E-state index in [1.54, 1.807) is 12.1 Å². The third-order valence-electron chi connectivity index (χ3n) is 3.84. The SMILES string of the molecule is CNCC1CCCN(c2ccc(S(=O)(=O)N(C)C)cn2)C1. The van der Waals surface area contributed by atoms with Crippen LogP contribution >= 0.6 is 0 Å². The number of rotatable bonds is 5. The van der Waals surface area contributed by atoms with E-state index in [2.05, 4.69) is 15.2 Å². The number of nitrogens with zero attached hydrogens (tertiary/aromatic N) is 3. The summed E-state index contributed by atoms with van der Waals surface area (Å²) >= 11 is 0. The molecular formula is C14H24N4O2S. The zero-order valence-corrected chi connectivity index (χ0v) is 13.7. The molecule has 1 aromatic heterocycles. The lowest BCUT2D eigenvalue weighted by atomic mass is 9.98. The number of anilines is 1. The molecule has 118 valence electrons. The molecule has 7 heteroatoms. The molecule has 1 unspecified atom stereocenters. The molecule has 0 bridgehead atoms. The highest BCUT2D eigenvalue weighted by Crippen LogP contribution is 2.22. The Hall–Kier alpha value is -1.18. The Kier molecular flexibility index (Phi) is 5.18. The highest BCUT2D eigenvalue weighted by molar-refractivity contribution is 7.89. The Morgan fingerprint density at radius 1 is 1.43 bits per heavy atom. The Morgan fingerprint density at radius 3 is 2.76 bits per heavy atom. The number of hydrogen-bond donors (Lipinski definition) is 1. The second-order valence-electron chi connectivity index (χ2n) is 5.65. The summed E-state index contributed by atoms with van der Waals surface area (Å²) < 4.78 is 25.2. The summed E-state index contributed by atoms with van der Waals surface area (Å²) in [5.41, 5.74) is 0. The minimum absolute atomic E-state index is 0.236. The van der Waals surface area contributed by atoms with Gasteiger partial charge < -0.3 is 10.2 Å². The predicted octanol–water partition coefficient (Wildman–Crippen LogP) is 0.768. The summed E-state index contributed by atoms with van der Waals surface area (Å²) in [6.07, 6.45) is 3.82. The average Bonchev–Trinajstić information content (AvgIpc) is 2.48. The van der Waals surface area contributed by atoms with Gasteiger partial charge in [-0.15, -0.1) is 0 Å². The molecule has 2 rings (SSSR count). The summed E-state index contributed by atoms with van der Waals surface area (Å²) in [4.78, 5) is 6.82. The van der Waals surface area contributed by atoms with E-state index in [9.17, 15) is 8.42 Å². The molecule has 0 aromatic carbocycles. The van der Waals surface area contributed by atoms with Crippen LogP contribution in [-0.4, -0.2) is 58.5 Å². The van der Waals surface area contributed by atoms with Gasteiger partial charge in [-0.3, -0.25) is 0 Å². The molecule has 0 aliphatic carbocycles. The maximum Gasteiger partial charge on any atom is 0.244 e. The first-order valence-electron chi connectivity index (χ1n) is 7.23. The van der Waals surface area contributed by atoms with Crippen molar-refractivity contribution in [3.05, 3.63) is 18.3 Å². The number of nitrogens with one attached hydrogen (secondary N) is 1. The van der Waals surface area contributed by atoms with E-state index in [-0.39, 0.29) is 4.90 Å². The van der Waals surface area contributed by atoms with E-state index in [1.165, 1.54) is 31.0 Å². The predicted molar refractivity (Wildman–Crippen MR) is 84.0 cm³/mol. The van der Waals surface area contributed by atoms with Crippen LogP contribution in [0.4, 0.5) is 5.82 Å². The molecule has 21 heavy (non-hydrogen) atoms. The van der Waals surface area contributed by atoms with Crippen molar-refractivity contribution >= 4 is 15.8 Å². The molecule has 1 aromatic rings. The highest BCUT2D eigenvalue weighted by Gasteiger charge is 2.22. The molecule has 0 spiro atoms. The van der Waals surface area contributed by atoms with Gasteiger partial charge in [0.2, 0.25) is 10.0 Å². The van der Waals surface area contributed by atoms with Gasteiger partial charge in [-0.25, -0.2) is 17.7 Å². The fraction of sp³-hybridized carbons (Fsp3) is 0.643. The van der Waals surface area contributed by atoms with Gasteiger partial charge in [-0.1, -0.05) is 0 Å². The van der Waals surface area contributed by atoms with Crippen molar-refractivity contribution in [2.75, 3.05) is 45.7 Å². The van der Waals surface area contributed by atoms with Crippen LogP contribution < -0.4 is 10.2 Å². The third kappa shape index (κ3) is 3.72. The van der Waals surface area contributed by atoms with Crippen LogP contribution in [0.3, 0.4) is 0 Å². The summed E-state index contributed by atoms with van der Waals surface area (Å²) in [7, 11) is 1.62. The van der Waals surface area contributed by atoms with E-state index in [4.69, 9.17) is 0 Å². The maximum absolute atomic E-state index is 12.0. The van der Waals surface area contributed by atoms with E-state index in [0.29, 0.717) is 5.92 Å². The van der Waals surface area contributed by atoms with Crippen LogP contribution in [0.2, 0.25) is 0 Å². The van der Waals surface area contributed by atoms with Crippen molar-refractivity contribution in [2.24, 2.45) is 5.92 Å². The van der Waals surface area contributed by atoms with Gasteiger partial charge >= 0.3 is 0 Å². The van der Waals surface area contributed by atoms with Crippen LogP contribution in [0, 0.1) is 5.92 Å². The summed E-state index contributed by atoms with van der Waals surface area (Å²) in [6.45, 7) is 2.95. The van der Waals surface area contributed by atoms with Gasteiger partial charge in [0.15, 0.2) is 0 Å². The van der Waals surface area contributed by atoms with Crippen LogP contribution in [0.25, 0.3) is 0 Å². The van der Waals surface area contributed by atoms with Crippen molar-refractivity contribution in [1.29, 1.82) is 0 Å². The summed E-state index contributed by atoms with van der Waals surface area (Å²) in [6, 6.07) is 3.44. The van der Waals surface area contributed by atoms with Crippen LogP contribution in [0.15, 0.2) is 23.2 Å². The maximum atomic E-state index is 12.0. The largest absolute Gasteiger partial charge is 0.356 e. The second-order valence-corrected chi connectivity index (χ2v) is 7.80. The van der Waals surface area contributed by atoms with Crippen molar-refractivity contribution in [2.45, 2.75) is 17.7 Å². The first-order chi connectivity index (χ1) is 9.95.